The molecule has 4 aromatic rings. The SMILES string of the molecule is C[C@H]1Cc2c([nH]c3ccccc23)[C@H](c2cnc(N3CCC4(CC3)C[C@H](CN3CCN5c6cc7c(cc6OC[C@H]5C3)C(=O)N([C@@H]3CCC(=O)NC3=O)C7)CO4)nc2)N1CC(F)F. The first-order valence-corrected chi connectivity index (χ1v) is 21.9. The maximum Gasteiger partial charge on any atom is 0.255 e. The molecule has 4 fully saturated rings. The molecule has 11 rings (SSSR count). The van der Waals surface area contributed by atoms with Crippen LogP contribution >= 0.6 is 0 Å². The summed E-state index contributed by atoms with van der Waals surface area (Å²) in [5, 5.41) is 3.52. The van der Waals surface area contributed by atoms with E-state index in [9.17, 15) is 23.2 Å². The van der Waals surface area contributed by atoms with E-state index in [1.165, 1.54) is 5.56 Å². The number of anilines is 2. The van der Waals surface area contributed by atoms with Crippen molar-refractivity contribution in [3.63, 3.8) is 0 Å². The number of H-pyrrole nitrogens is 1. The van der Waals surface area contributed by atoms with E-state index in [2.05, 4.69) is 37.1 Å². The van der Waals surface area contributed by atoms with Crippen molar-refractivity contribution in [1.82, 2.24) is 35.0 Å². The van der Waals surface area contributed by atoms with E-state index in [-0.39, 0.29) is 48.5 Å². The van der Waals surface area contributed by atoms with E-state index < -0.39 is 18.4 Å². The largest absolute Gasteiger partial charge is 0.489 e. The molecule has 0 aliphatic carbocycles. The molecule has 2 N–H and O–H groups in total. The number of carbonyl (C=O) groups is 3. The van der Waals surface area contributed by atoms with Crippen LogP contribution in [0.15, 0.2) is 48.8 Å². The van der Waals surface area contributed by atoms with Crippen LogP contribution in [0.3, 0.4) is 0 Å². The minimum Gasteiger partial charge on any atom is -0.489 e. The number of piperazine rings is 1. The van der Waals surface area contributed by atoms with Gasteiger partial charge in [-0.1, -0.05) is 18.2 Å². The summed E-state index contributed by atoms with van der Waals surface area (Å²) in [6.07, 6.45) is 5.26. The van der Waals surface area contributed by atoms with Gasteiger partial charge in [-0.2, -0.15) is 0 Å². The molecule has 7 aliphatic heterocycles. The second-order valence-corrected chi connectivity index (χ2v) is 18.3. The topological polar surface area (TPSA) is 139 Å². The highest BCUT2D eigenvalue weighted by Gasteiger charge is 2.46. The number of nitrogens with zero attached hydrogens (tertiary/aromatic N) is 7. The van der Waals surface area contributed by atoms with Gasteiger partial charge in [0.2, 0.25) is 17.8 Å². The average molecular weight is 836 g/mol. The van der Waals surface area contributed by atoms with Gasteiger partial charge in [-0.15, -0.1) is 0 Å². The van der Waals surface area contributed by atoms with Crippen LogP contribution in [0.5, 0.6) is 5.75 Å². The lowest BCUT2D eigenvalue weighted by atomic mass is 9.85. The Morgan fingerprint density at radius 1 is 1.00 bits per heavy atom. The maximum atomic E-state index is 13.9. The molecule has 3 amide bonds. The summed E-state index contributed by atoms with van der Waals surface area (Å²) in [5.41, 5.74) is 6.26. The number of hydrogen-bond acceptors (Lipinski definition) is 11. The minimum atomic E-state index is -2.45. The number of benzene rings is 2. The molecule has 2 aromatic carbocycles. The fourth-order valence-corrected chi connectivity index (χ4v) is 11.5. The van der Waals surface area contributed by atoms with Crippen LogP contribution < -0.4 is 19.9 Å². The van der Waals surface area contributed by atoms with Crippen LogP contribution in [0.2, 0.25) is 0 Å². The van der Waals surface area contributed by atoms with E-state index in [4.69, 9.17) is 19.4 Å². The first kappa shape index (κ1) is 38.7. The molecule has 4 saturated heterocycles. The van der Waals surface area contributed by atoms with Crippen LogP contribution in [-0.4, -0.2) is 137 Å². The predicted octanol–water partition coefficient (Wildman–Crippen LogP) is 4.28. The van der Waals surface area contributed by atoms with Crippen molar-refractivity contribution < 1.29 is 32.6 Å². The van der Waals surface area contributed by atoms with Crippen LogP contribution in [0.4, 0.5) is 20.4 Å². The number of nitrogens with one attached hydrogen (secondary N) is 2. The number of fused-ring (bicyclic) bond motifs is 7. The monoisotopic (exact) mass is 835 g/mol. The van der Waals surface area contributed by atoms with Crippen molar-refractivity contribution in [2.45, 2.75) is 88.2 Å². The third kappa shape index (κ3) is 6.81. The Morgan fingerprint density at radius 3 is 2.62 bits per heavy atom. The predicted molar refractivity (Wildman–Crippen MR) is 222 cm³/mol. The maximum absolute atomic E-state index is 13.9. The number of para-hydroxylation sites is 1. The quantitative estimate of drug-likeness (QED) is 0.258. The zero-order chi connectivity index (χ0) is 41.6. The minimum absolute atomic E-state index is 0.0690. The van der Waals surface area contributed by atoms with Crippen molar-refractivity contribution in [3.8, 4) is 5.75 Å². The summed E-state index contributed by atoms with van der Waals surface area (Å²) in [7, 11) is 0. The van der Waals surface area contributed by atoms with Gasteiger partial charge in [0.05, 0.1) is 36.5 Å². The second kappa shape index (κ2) is 15.0. The van der Waals surface area contributed by atoms with Gasteiger partial charge in [-0.3, -0.25) is 29.5 Å². The summed E-state index contributed by atoms with van der Waals surface area (Å²) in [4.78, 5) is 61.6. The molecular formula is C45H51F2N9O5. The normalized spacial score (nSPS) is 27.6. The molecular weight excluding hydrogens is 785 g/mol. The van der Waals surface area contributed by atoms with Gasteiger partial charge in [0, 0.05) is 98.4 Å². The fourth-order valence-electron chi connectivity index (χ4n) is 11.5. The third-order valence-corrected chi connectivity index (χ3v) is 14.5. The van der Waals surface area contributed by atoms with Crippen LogP contribution in [-0.2, 0) is 27.3 Å². The van der Waals surface area contributed by atoms with E-state index in [1.54, 1.807) is 4.90 Å². The van der Waals surface area contributed by atoms with Crippen molar-refractivity contribution in [2.24, 2.45) is 5.92 Å². The molecule has 1 spiro atoms. The first-order valence-electron chi connectivity index (χ1n) is 21.9. The van der Waals surface area contributed by atoms with E-state index in [1.807, 2.05) is 48.5 Å². The lowest BCUT2D eigenvalue weighted by Crippen LogP contribution is -2.58. The van der Waals surface area contributed by atoms with Gasteiger partial charge in [-0.05, 0) is 74.3 Å². The van der Waals surface area contributed by atoms with Gasteiger partial charge in [0.15, 0.2) is 0 Å². The van der Waals surface area contributed by atoms with Gasteiger partial charge in [0.25, 0.3) is 12.3 Å². The van der Waals surface area contributed by atoms with Crippen LogP contribution in [0.25, 0.3) is 10.9 Å². The molecule has 9 heterocycles. The van der Waals surface area contributed by atoms with E-state index in [0.29, 0.717) is 49.2 Å². The molecule has 14 nitrogen and oxygen atoms in total. The van der Waals surface area contributed by atoms with Crippen LogP contribution in [0, 0.1) is 5.92 Å². The van der Waals surface area contributed by atoms with Crippen molar-refractivity contribution in [1.29, 1.82) is 0 Å². The molecule has 320 valence electrons. The molecule has 0 radical (unpaired) electrons. The molecule has 0 saturated carbocycles. The molecule has 5 atom stereocenters. The Kier molecular flexibility index (Phi) is 9.53. The van der Waals surface area contributed by atoms with Crippen molar-refractivity contribution >= 4 is 40.3 Å². The summed E-state index contributed by atoms with van der Waals surface area (Å²) in [6.45, 7) is 8.51. The highest BCUT2D eigenvalue weighted by Crippen LogP contribution is 2.44. The van der Waals surface area contributed by atoms with Gasteiger partial charge < -0.3 is 29.2 Å². The molecule has 0 unspecified atom stereocenters. The van der Waals surface area contributed by atoms with E-state index in [0.717, 1.165) is 98.5 Å². The Morgan fingerprint density at radius 2 is 1.82 bits per heavy atom. The smallest absolute Gasteiger partial charge is 0.255 e. The second-order valence-electron chi connectivity index (χ2n) is 18.3. The fraction of sp³-hybridized carbons (Fsp3) is 0.533. The highest BCUT2D eigenvalue weighted by molar-refractivity contribution is 6.06. The summed E-state index contributed by atoms with van der Waals surface area (Å²) in [5.74, 6) is 0.907. The number of aromatic amines is 1. The number of ether oxygens (including phenoxy) is 2. The number of carbonyl (C=O) groups excluding carboxylic acids is 3. The third-order valence-electron chi connectivity index (χ3n) is 14.5. The number of hydrogen-bond donors (Lipinski definition) is 2. The molecule has 2 aromatic heterocycles. The van der Waals surface area contributed by atoms with Gasteiger partial charge >= 0.3 is 0 Å². The standard InChI is InChI=1S/C45H51F2N9O5/c1-26-14-33-31-4-2-3-5-34(31)50-40(33)41(55(26)23-38(46)47)29-18-48-44(49-19-29)53-10-8-45(9-11-53)17-27(24-61-45)20-52-12-13-54-30(22-52)25-60-37-16-32-28(15-36(37)54)21-56(43(32)59)35-6-7-39(57)51-42(35)58/h2-5,15-16,18-19,26-27,30,35,38,41,50H,6-14,17,20-25H2,1H3,(H,51,57,58)/t26-,27+,30+,35+,41-/m0/s1. The first-order chi connectivity index (χ1) is 29.6. The summed E-state index contributed by atoms with van der Waals surface area (Å²) in [6, 6.07) is 11.1. The van der Waals surface area contributed by atoms with Gasteiger partial charge in [0.1, 0.15) is 18.4 Å². The zero-order valence-corrected chi connectivity index (χ0v) is 34.3. The number of halogens is 2. The molecule has 16 heteroatoms. The highest BCUT2D eigenvalue weighted by atomic mass is 19.3. The summed E-state index contributed by atoms with van der Waals surface area (Å²) < 4.78 is 40.8. The Balaban J connectivity index is 0.702. The van der Waals surface area contributed by atoms with Crippen molar-refractivity contribution in [3.05, 3.63) is 76.7 Å². The number of aromatic nitrogens is 3. The van der Waals surface area contributed by atoms with E-state index >= 15 is 0 Å². The Bertz CT molecular complexity index is 2390. The number of alkyl halides is 2. The average Bonchev–Trinajstić information content (AvgIpc) is 3.93. The Labute approximate surface area is 352 Å². The zero-order valence-electron chi connectivity index (χ0n) is 34.3. The number of imide groups is 1. The lowest BCUT2D eigenvalue weighted by Gasteiger charge is -2.46. The Hall–Kier alpha value is -5.19. The molecule has 0 bridgehead atoms. The number of amides is 3. The summed E-state index contributed by atoms with van der Waals surface area (Å²) >= 11 is 0. The lowest BCUT2D eigenvalue weighted by molar-refractivity contribution is -0.136. The van der Waals surface area contributed by atoms with Crippen molar-refractivity contribution in [2.75, 3.05) is 68.8 Å². The molecule has 7 aliphatic rings. The van der Waals surface area contributed by atoms with Gasteiger partial charge in [-0.25, -0.2) is 18.7 Å². The van der Waals surface area contributed by atoms with Crippen LogP contribution in [0.1, 0.15) is 77.8 Å². The number of rotatable bonds is 7. The number of piperidine rings is 2. The molecule has 61 heavy (non-hydrogen) atoms.